The molecule has 0 aliphatic heterocycles. The van der Waals surface area contributed by atoms with Crippen LogP contribution in [0, 0.1) is 0 Å². The Morgan fingerprint density at radius 1 is 1.09 bits per heavy atom. The van der Waals surface area contributed by atoms with Crippen molar-refractivity contribution in [3.8, 4) is 11.6 Å². The molecule has 0 fully saturated rings. The first-order chi connectivity index (χ1) is 15.5. The number of aromatic amines is 1. The molecule has 0 aliphatic rings. The van der Waals surface area contributed by atoms with Crippen LogP contribution in [0.3, 0.4) is 0 Å². The molecular weight excluding hydrogens is 410 g/mol. The number of pyridine rings is 2. The zero-order valence-corrected chi connectivity index (χ0v) is 17.3. The van der Waals surface area contributed by atoms with E-state index < -0.39 is 5.91 Å². The fourth-order valence-electron chi connectivity index (χ4n) is 3.21. The number of fused-ring (bicyclic) bond motifs is 1. The summed E-state index contributed by atoms with van der Waals surface area (Å²) in [7, 11) is 1.54. The van der Waals surface area contributed by atoms with E-state index in [0.717, 1.165) is 11.1 Å². The van der Waals surface area contributed by atoms with Crippen molar-refractivity contribution in [2.24, 2.45) is 0 Å². The van der Waals surface area contributed by atoms with Crippen molar-refractivity contribution in [1.82, 2.24) is 20.3 Å². The minimum Gasteiger partial charge on any atom is -0.505 e. The molecule has 3 heterocycles. The second-order valence-corrected chi connectivity index (χ2v) is 7.00. The Bertz CT molecular complexity index is 1280. The zero-order valence-electron chi connectivity index (χ0n) is 17.3. The van der Waals surface area contributed by atoms with E-state index in [4.69, 9.17) is 4.74 Å². The van der Waals surface area contributed by atoms with Gasteiger partial charge in [0.25, 0.3) is 11.8 Å². The van der Waals surface area contributed by atoms with E-state index in [9.17, 15) is 14.7 Å². The molecule has 0 radical (unpaired) electrons. The number of anilines is 1. The average Bonchev–Trinajstić information content (AvgIpc) is 3.23. The van der Waals surface area contributed by atoms with Crippen LogP contribution in [0.5, 0.6) is 11.6 Å². The summed E-state index contributed by atoms with van der Waals surface area (Å²) in [5, 5.41) is 15.4. The number of hydrogen-bond donors (Lipinski definition) is 4. The predicted molar refractivity (Wildman–Crippen MR) is 119 cm³/mol. The normalized spacial score (nSPS) is 10.7. The van der Waals surface area contributed by atoms with Gasteiger partial charge in [-0.1, -0.05) is 12.1 Å². The SMILES string of the molecule is COc1ccc2[nH]c(C(=O)NCCc3cccc(NC(=O)c4ncccc4O)c3)cc2n1. The molecule has 2 amide bonds. The van der Waals surface area contributed by atoms with Crippen molar-refractivity contribution < 1.29 is 19.4 Å². The lowest BCUT2D eigenvalue weighted by atomic mass is 10.1. The first-order valence-corrected chi connectivity index (χ1v) is 9.90. The largest absolute Gasteiger partial charge is 0.505 e. The number of aromatic hydroxyl groups is 1. The van der Waals surface area contributed by atoms with Crippen LogP contribution in [0.25, 0.3) is 11.0 Å². The van der Waals surface area contributed by atoms with Gasteiger partial charge in [-0.05, 0) is 48.4 Å². The molecule has 9 heteroatoms. The number of rotatable bonds is 7. The van der Waals surface area contributed by atoms with Gasteiger partial charge in [-0.25, -0.2) is 9.97 Å². The van der Waals surface area contributed by atoms with Gasteiger partial charge < -0.3 is 25.5 Å². The molecule has 4 rings (SSSR count). The summed E-state index contributed by atoms with van der Waals surface area (Å²) in [6.45, 7) is 0.406. The molecule has 4 aromatic rings. The lowest BCUT2D eigenvalue weighted by Gasteiger charge is -2.08. The summed E-state index contributed by atoms with van der Waals surface area (Å²) < 4.78 is 5.10. The van der Waals surface area contributed by atoms with Gasteiger partial charge in [0.1, 0.15) is 11.4 Å². The summed E-state index contributed by atoms with van der Waals surface area (Å²) in [6, 6.07) is 15.4. The van der Waals surface area contributed by atoms with E-state index in [1.54, 1.807) is 24.3 Å². The third kappa shape index (κ3) is 4.67. The number of carbonyl (C=O) groups excluding carboxylic acids is 2. The highest BCUT2D eigenvalue weighted by atomic mass is 16.5. The fraction of sp³-hybridized carbons (Fsp3) is 0.130. The Balaban J connectivity index is 1.35. The molecular formula is C23H21N5O4. The molecule has 32 heavy (non-hydrogen) atoms. The summed E-state index contributed by atoms with van der Waals surface area (Å²) in [5.41, 5.74) is 3.26. The molecule has 0 saturated carbocycles. The van der Waals surface area contributed by atoms with E-state index in [1.807, 2.05) is 24.3 Å². The van der Waals surface area contributed by atoms with Gasteiger partial charge in [0, 0.05) is 24.5 Å². The summed E-state index contributed by atoms with van der Waals surface area (Å²) in [4.78, 5) is 36.0. The van der Waals surface area contributed by atoms with Crippen molar-refractivity contribution in [2.75, 3.05) is 19.0 Å². The van der Waals surface area contributed by atoms with Crippen LogP contribution in [-0.2, 0) is 6.42 Å². The number of methoxy groups -OCH3 is 1. The van der Waals surface area contributed by atoms with Gasteiger partial charge in [-0.3, -0.25) is 9.59 Å². The van der Waals surface area contributed by atoms with Crippen molar-refractivity contribution in [1.29, 1.82) is 0 Å². The topological polar surface area (TPSA) is 129 Å². The van der Waals surface area contributed by atoms with Gasteiger partial charge in [-0.2, -0.15) is 0 Å². The van der Waals surface area contributed by atoms with Gasteiger partial charge in [0.05, 0.1) is 18.1 Å². The van der Waals surface area contributed by atoms with Crippen LogP contribution in [0.4, 0.5) is 5.69 Å². The number of hydrogen-bond acceptors (Lipinski definition) is 6. The lowest BCUT2D eigenvalue weighted by Crippen LogP contribution is -2.26. The molecule has 0 bridgehead atoms. The maximum atomic E-state index is 12.5. The Hall–Kier alpha value is -4.40. The first kappa shape index (κ1) is 20.9. The minimum atomic E-state index is -0.502. The van der Waals surface area contributed by atoms with E-state index in [-0.39, 0.29) is 17.4 Å². The van der Waals surface area contributed by atoms with Crippen LogP contribution >= 0.6 is 0 Å². The van der Waals surface area contributed by atoms with Gasteiger partial charge >= 0.3 is 0 Å². The number of H-pyrrole nitrogens is 1. The number of aromatic nitrogens is 3. The quantitative estimate of drug-likeness (QED) is 0.356. The standard InChI is InChI=1S/C23H21N5O4/c1-32-20-8-7-16-17(28-20)13-18(27-16)22(30)25-11-9-14-4-2-5-15(12-14)26-23(31)21-19(29)6-3-10-24-21/h2-8,10,12-13,27,29H,9,11H2,1H3,(H,25,30)(H,26,31). The number of nitrogens with zero attached hydrogens (tertiary/aromatic N) is 2. The third-order valence-electron chi connectivity index (χ3n) is 4.79. The van der Waals surface area contributed by atoms with Gasteiger partial charge in [0.15, 0.2) is 5.69 Å². The van der Waals surface area contributed by atoms with Crippen LogP contribution in [-0.4, -0.2) is 45.5 Å². The number of nitrogens with one attached hydrogen (secondary N) is 3. The van der Waals surface area contributed by atoms with E-state index in [0.29, 0.717) is 35.7 Å². The van der Waals surface area contributed by atoms with Crippen molar-refractivity contribution in [3.63, 3.8) is 0 Å². The highest BCUT2D eigenvalue weighted by Gasteiger charge is 2.13. The molecule has 1 aromatic carbocycles. The molecule has 0 spiro atoms. The number of ether oxygens (including phenoxy) is 1. The van der Waals surface area contributed by atoms with Crippen molar-refractivity contribution in [3.05, 3.63) is 77.7 Å². The minimum absolute atomic E-state index is 0.0457. The monoisotopic (exact) mass is 431 g/mol. The maximum Gasteiger partial charge on any atom is 0.278 e. The number of amides is 2. The smallest absolute Gasteiger partial charge is 0.278 e. The van der Waals surface area contributed by atoms with E-state index >= 15 is 0 Å². The van der Waals surface area contributed by atoms with Crippen LogP contribution < -0.4 is 15.4 Å². The number of carbonyl (C=O) groups is 2. The second kappa shape index (κ2) is 9.17. The molecule has 0 atom stereocenters. The zero-order chi connectivity index (χ0) is 22.5. The molecule has 9 nitrogen and oxygen atoms in total. The molecule has 4 N–H and O–H groups in total. The van der Waals surface area contributed by atoms with Crippen molar-refractivity contribution in [2.45, 2.75) is 6.42 Å². The Morgan fingerprint density at radius 2 is 1.97 bits per heavy atom. The summed E-state index contributed by atoms with van der Waals surface area (Å²) in [5.74, 6) is -0.446. The molecule has 3 aromatic heterocycles. The lowest BCUT2D eigenvalue weighted by molar-refractivity contribution is 0.0949. The second-order valence-electron chi connectivity index (χ2n) is 7.00. The Labute approximate surface area is 183 Å². The highest BCUT2D eigenvalue weighted by Crippen LogP contribution is 2.18. The highest BCUT2D eigenvalue weighted by molar-refractivity contribution is 6.04. The molecule has 162 valence electrons. The van der Waals surface area contributed by atoms with E-state index in [2.05, 4.69) is 25.6 Å². The molecule has 0 aliphatic carbocycles. The van der Waals surface area contributed by atoms with Crippen LogP contribution in [0.15, 0.2) is 60.8 Å². The Kier molecular flexibility index (Phi) is 5.98. The molecule has 0 saturated heterocycles. The summed E-state index contributed by atoms with van der Waals surface area (Å²) in [6.07, 6.45) is 2.00. The van der Waals surface area contributed by atoms with Gasteiger partial charge in [-0.15, -0.1) is 0 Å². The Morgan fingerprint density at radius 3 is 2.78 bits per heavy atom. The predicted octanol–water partition coefficient (Wildman–Crippen LogP) is 2.90. The van der Waals surface area contributed by atoms with Crippen LogP contribution in [0.2, 0.25) is 0 Å². The summed E-state index contributed by atoms with van der Waals surface area (Å²) >= 11 is 0. The average molecular weight is 431 g/mol. The van der Waals surface area contributed by atoms with E-state index in [1.165, 1.54) is 19.4 Å². The van der Waals surface area contributed by atoms with Gasteiger partial charge in [0.2, 0.25) is 5.88 Å². The first-order valence-electron chi connectivity index (χ1n) is 9.90. The fourth-order valence-corrected chi connectivity index (χ4v) is 3.21. The maximum absolute atomic E-state index is 12.5. The molecule has 0 unspecified atom stereocenters. The third-order valence-corrected chi connectivity index (χ3v) is 4.79. The van der Waals surface area contributed by atoms with Crippen LogP contribution in [0.1, 0.15) is 26.5 Å². The number of benzene rings is 1. The van der Waals surface area contributed by atoms with Crippen molar-refractivity contribution >= 4 is 28.5 Å².